The normalized spacial score (nSPS) is 12.9. The van der Waals surface area contributed by atoms with Crippen LogP contribution in [0.3, 0.4) is 0 Å². The molecule has 0 saturated carbocycles. The summed E-state index contributed by atoms with van der Waals surface area (Å²) in [5.74, 6) is -1.49. The second-order valence-corrected chi connectivity index (χ2v) is 5.60. The zero-order valence-electron chi connectivity index (χ0n) is 13.5. The molecule has 1 unspecified atom stereocenters. The van der Waals surface area contributed by atoms with Gasteiger partial charge in [0.1, 0.15) is 0 Å². The maximum atomic E-state index is 14.0. The van der Waals surface area contributed by atoms with Gasteiger partial charge in [-0.05, 0) is 52.0 Å². The van der Waals surface area contributed by atoms with Crippen LogP contribution in [-0.4, -0.2) is 31.6 Å². The molecule has 0 bridgehead atoms. The molecular weight excluding hydrogens is 270 g/mol. The van der Waals surface area contributed by atoms with Crippen molar-refractivity contribution in [3.8, 4) is 0 Å². The first-order chi connectivity index (χ1) is 10.1. The van der Waals surface area contributed by atoms with Crippen molar-refractivity contribution in [1.29, 1.82) is 0 Å². The third kappa shape index (κ3) is 6.10. The number of nitrogens with zero attached hydrogens (tertiary/aromatic N) is 1. The lowest BCUT2D eigenvalue weighted by molar-refractivity contribution is 0.300. The van der Waals surface area contributed by atoms with E-state index in [2.05, 4.69) is 31.1 Å². The highest BCUT2D eigenvalue weighted by atomic mass is 19.2. The SMILES string of the molecule is CCCCN(C)CCC(NCCC)c1cccc(F)c1F. The fourth-order valence-electron chi connectivity index (χ4n) is 2.37. The van der Waals surface area contributed by atoms with E-state index < -0.39 is 11.6 Å². The molecule has 1 aromatic rings. The molecule has 0 aliphatic heterocycles. The van der Waals surface area contributed by atoms with Crippen molar-refractivity contribution in [3.05, 3.63) is 35.4 Å². The summed E-state index contributed by atoms with van der Waals surface area (Å²) >= 11 is 0. The molecule has 0 aliphatic rings. The van der Waals surface area contributed by atoms with Gasteiger partial charge in [0, 0.05) is 11.6 Å². The minimum atomic E-state index is -0.768. The van der Waals surface area contributed by atoms with Crippen LogP contribution in [-0.2, 0) is 0 Å². The minimum absolute atomic E-state index is 0.135. The van der Waals surface area contributed by atoms with Gasteiger partial charge in [0.25, 0.3) is 0 Å². The Morgan fingerprint density at radius 1 is 1.14 bits per heavy atom. The van der Waals surface area contributed by atoms with Crippen molar-refractivity contribution in [3.63, 3.8) is 0 Å². The summed E-state index contributed by atoms with van der Waals surface area (Å²) < 4.78 is 27.4. The molecule has 2 nitrogen and oxygen atoms in total. The van der Waals surface area contributed by atoms with Gasteiger partial charge < -0.3 is 10.2 Å². The van der Waals surface area contributed by atoms with Crippen molar-refractivity contribution in [2.45, 2.75) is 45.6 Å². The predicted octanol–water partition coefficient (Wildman–Crippen LogP) is 4.13. The van der Waals surface area contributed by atoms with Gasteiger partial charge in [-0.15, -0.1) is 0 Å². The summed E-state index contributed by atoms with van der Waals surface area (Å²) in [7, 11) is 2.08. The summed E-state index contributed by atoms with van der Waals surface area (Å²) in [6.07, 6.45) is 4.08. The van der Waals surface area contributed by atoms with E-state index in [4.69, 9.17) is 0 Å². The van der Waals surface area contributed by atoms with E-state index in [1.165, 1.54) is 12.5 Å². The third-order valence-electron chi connectivity index (χ3n) is 3.69. The number of nitrogens with one attached hydrogen (secondary N) is 1. The highest BCUT2D eigenvalue weighted by molar-refractivity contribution is 5.22. The summed E-state index contributed by atoms with van der Waals surface area (Å²) in [5.41, 5.74) is 0.437. The lowest BCUT2D eigenvalue weighted by atomic mass is 10.0. The zero-order valence-corrected chi connectivity index (χ0v) is 13.5. The number of rotatable bonds is 10. The Kier molecular flexibility index (Phi) is 8.47. The number of benzene rings is 1. The molecule has 120 valence electrons. The van der Waals surface area contributed by atoms with Gasteiger partial charge >= 0.3 is 0 Å². The Hall–Kier alpha value is -1.00. The molecule has 1 rings (SSSR count). The highest BCUT2D eigenvalue weighted by Gasteiger charge is 2.18. The summed E-state index contributed by atoms with van der Waals surface area (Å²) in [6.45, 7) is 6.96. The van der Waals surface area contributed by atoms with Gasteiger partial charge in [-0.2, -0.15) is 0 Å². The first kappa shape index (κ1) is 18.1. The molecule has 1 atom stereocenters. The first-order valence-electron chi connectivity index (χ1n) is 7.96. The number of halogens is 2. The Labute approximate surface area is 127 Å². The lowest BCUT2D eigenvalue weighted by Gasteiger charge is -2.23. The molecule has 0 saturated heterocycles. The van der Waals surface area contributed by atoms with E-state index >= 15 is 0 Å². The Morgan fingerprint density at radius 3 is 2.57 bits per heavy atom. The minimum Gasteiger partial charge on any atom is -0.310 e. The molecule has 0 amide bonds. The molecule has 21 heavy (non-hydrogen) atoms. The molecule has 0 fully saturated rings. The van der Waals surface area contributed by atoms with Crippen molar-refractivity contribution < 1.29 is 8.78 Å². The van der Waals surface area contributed by atoms with Crippen molar-refractivity contribution in [2.75, 3.05) is 26.7 Å². The van der Waals surface area contributed by atoms with Gasteiger partial charge in [-0.1, -0.05) is 32.4 Å². The summed E-state index contributed by atoms with van der Waals surface area (Å²) in [4.78, 5) is 2.25. The van der Waals surface area contributed by atoms with Gasteiger partial charge in [0.15, 0.2) is 11.6 Å². The maximum Gasteiger partial charge on any atom is 0.163 e. The monoisotopic (exact) mass is 298 g/mol. The summed E-state index contributed by atoms with van der Waals surface area (Å²) in [6, 6.07) is 4.29. The van der Waals surface area contributed by atoms with Crippen LogP contribution >= 0.6 is 0 Å². The quantitative estimate of drug-likeness (QED) is 0.699. The fourth-order valence-corrected chi connectivity index (χ4v) is 2.37. The molecule has 4 heteroatoms. The predicted molar refractivity (Wildman–Crippen MR) is 84.4 cm³/mol. The molecule has 0 aromatic heterocycles. The largest absolute Gasteiger partial charge is 0.310 e. The molecule has 0 radical (unpaired) electrons. The number of unbranched alkanes of at least 4 members (excludes halogenated alkanes) is 1. The van der Waals surface area contributed by atoms with Crippen LogP contribution in [0.2, 0.25) is 0 Å². The molecule has 1 aromatic carbocycles. The van der Waals surface area contributed by atoms with E-state index in [-0.39, 0.29) is 6.04 Å². The number of hydrogen-bond donors (Lipinski definition) is 1. The highest BCUT2D eigenvalue weighted by Crippen LogP contribution is 2.22. The average Bonchev–Trinajstić information content (AvgIpc) is 2.48. The van der Waals surface area contributed by atoms with E-state index in [0.29, 0.717) is 5.56 Å². The van der Waals surface area contributed by atoms with Gasteiger partial charge in [0.05, 0.1) is 0 Å². The molecule has 0 spiro atoms. The van der Waals surface area contributed by atoms with E-state index in [1.807, 2.05) is 0 Å². The van der Waals surface area contributed by atoms with Gasteiger partial charge in [0.2, 0.25) is 0 Å². The third-order valence-corrected chi connectivity index (χ3v) is 3.69. The van der Waals surface area contributed by atoms with Crippen molar-refractivity contribution >= 4 is 0 Å². The maximum absolute atomic E-state index is 14.0. The second-order valence-electron chi connectivity index (χ2n) is 5.60. The molecule has 0 heterocycles. The Bertz CT molecular complexity index is 410. The molecular formula is C17H28F2N2. The number of hydrogen-bond acceptors (Lipinski definition) is 2. The lowest BCUT2D eigenvalue weighted by Crippen LogP contribution is -2.29. The van der Waals surface area contributed by atoms with Gasteiger partial charge in [-0.3, -0.25) is 0 Å². The second kappa shape index (κ2) is 9.85. The van der Waals surface area contributed by atoms with Crippen LogP contribution in [0.15, 0.2) is 18.2 Å². The van der Waals surface area contributed by atoms with Gasteiger partial charge in [-0.25, -0.2) is 8.78 Å². The van der Waals surface area contributed by atoms with Crippen LogP contribution in [0, 0.1) is 11.6 Å². The summed E-state index contributed by atoms with van der Waals surface area (Å²) in [5, 5.41) is 3.33. The van der Waals surface area contributed by atoms with Crippen molar-refractivity contribution in [1.82, 2.24) is 10.2 Å². The zero-order chi connectivity index (χ0) is 15.7. The fraction of sp³-hybridized carbons (Fsp3) is 0.647. The Balaban J connectivity index is 2.69. The first-order valence-corrected chi connectivity index (χ1v) is 7.96. The molecule has 1 N–H and O–H groups in total. The van der Waals surface area contributed by atoms with E-state index in [9.17, 15) is 8.78 Å². The van der Waals surface area contributed by atoms with Crippen LogP contribution in [0.1, 0.15) is 51.1 Å². The van der Waals surface area contributed by atoms with Crippen LogP contribution in [0.4, 0.5) is 8.78 Å². The smallest absolute Gasteiger partial charge is 0.163 e. The van der Waals surface area contributed by atoms with E-state index in [0.717, 1.165) is 38.9 Å². The standard InChI is InChI=1S/C17H28F2N2/c1-4-6-12-21(3)13-10-16(20-11-5-2)14-8-7-9-15(18)17(14)19/h7-9,16,20H,4-6,10-13H2,1-3H3. The van der Waals surface area contributed by atoms with E-state index in [1.54, 1.807) is 12.1 Å². The average molecular weight is 298 g/mol. The molecule has 0 aliphatic carbocycles. The van der Waals surface area contributed by atoms with Crippen molar-refractivity contribution in [2.24, 2.45) is 0 Å². The van der Waals surface area contributed by atoms with Crippen LogP contribution in [0.25, 0.3) is 0 Å². The topological polar surface area (TPSA) is 15.3 Å². The van der Waals surface area contributed by atoms with Crippen LogP contribution < -0.4 is 5.32 Å². The Morgan fingerprint density at radius 2 is 1.90 bits per heavy atom. The van der Waals surface area contributed by atoms with Crippen LogP contribution in [0.5, 0.6) is 0 Å².